The second-order valence-electron chi connectivity index (χ2n) is 7.90. The fourth-order valence-electron chi connectivity index (χ4n) is 4.38. The van der Waals surface area contributed by atoms with Crippen LogP contribution in [0.15, 0.2) is 66.9 Å². The summed E-state index contributed by atoms with van der Waals surface area (Å²) in [5.41, 5.74) is 2.96. The second-order valence-corrected chi connectivity index (χ2v) is 7.90. The van der Waals surface area contributed by atoms with Gasteiger partial charge in [0.1, 0.15) is 0 Å². The van der Waals surface area contributed by atoms with E-state index in [2.05, 4.69) is 10.3 Å². The minimum atomic E-state index is -0.578. The minimum absolute atomic E-state index is 0.122. The average Bonchev–Trinajstić information content (AvgIpc) is 2.86. The van der Waals surface area contributed by atoms with Gasteiger partial charge in [0, 0.05) is 37.5 Å². The third-order valence-electron chi connectivity index (χ3n) is 6.02. The molecule has 3 aromatic rings. The Kier molecular flexibility index (Phi) is 6.58. The maximum Gasteiger partial charge on any atom is 0.254 e. The lowest BCUT2D eigenvalue weighted by atomic mass is 9.79. The Morgan fingerprint density at radius 1 is 1.03 bits per heavy atom. The van der Waals surface area contributed by atoms with E-state index in [1.54, 1.807) is 44.5 Å². The Morgan fingerprint density at radius 3 is 2.52 bits per heavy atom. The van der Waals surface area contributed by atoms with Crippen LogP contribution in [0.25, 0.3) is 0 Å². The van der Waals surface area contributed by atoms with Gasteiger partial charge in [-0.05, 0) is 41.5 Å². The molecule has 7 nitrogen and oxygen atoms in total. The van der Waals surface area contributed by atoms with E-state index >= 15 is 0 Å². The number of nitrogens with zero attached hydrogens (tertiary/aromatic N) is 2. The molecule has 2 heterocycles. The van der Waals surface area contributed by atoms with Gasteiger partial charge in [-0.25, -0.2) is 0 Å². The largest absolute Gasteiger partial charge is 0.493 e. The number of benzene rings is 2. The molecule has 1 aliphatic rings. The number of rotatable bonds is 7. The van der Waals surface area contributed by atoms with Gasteiger partial charge in [-0.15, -0.1) is 0 Å². The van der Waals surface area contributed by atoms with E-state index in [0.29, 0.717) is 30.0 Å². The first-order chi connectivity index (χ1) is 16.0. The highest BCUT2D eigenvalue weighted by Gasteiger charge is 2.42. The van der Waals surface area contributed by atoms with Gasteiger partial charge in [0.05, 0.1) is 26.2 Å². The van der Waals surface area contributed by atoms with Crippen molar-refractivity contribution in [2.75, 3.05) is 27.8 Å². The SMILES string of the molecule is COc1ccc([C@H]2[C@H](C(=O)NCCc3ccccn3)c3ccccc3C(=O)N2C)cc1OC. The van der Waals surface area contributed by atoms with Crippen molar-refractivity contribution in [3.05, 3.63) is 89.2 Å². The smallest absolute Gasteiger partial charge is 0.254 e. The van der Waals surface area contributed by atoms with Crippen molar-refractivity contribution < 1.29 is 19.1 Å². The third-order valence-corrected chi connectivity index (χ3v) is 6.02. The normalized spacial score (nSPS) is 17.3. The molecule has 4 rings (SSSR count). The Bertz CT molecular complexity index is 1150. The van der Waals surface area contributed by atoms with Gasteiger partial charge in [0.15, 0.2) is 11.5 Å². The van der Waals surface area contributed by atoms with Gasteiger partial charge in [0.2, 0.25) is 5.91 Å². The molecule has 7 heteroatoms. The van der Waals surface area contributed by atoms with Crippen molar-refractivity contribution in [2.24, 2.45) is 0 Å². The zero-order valence-electron chi connectivity index (χ0n) is 18.9. The minimum Gasteiger partial charge on any atom is -0.493 e. The highest BCUT2D eigenvalue weighted by atomic mass is 16.5. The fourth-order valence-corrected chi connectivity index (χ4v) is 4.38. The molecule has 2 aromatic carbocycles. The van der Waals surface area contributed by atoms with E-state index in [1.165, 1.54) is 0 Å². The maximum absolute atomic E-state index is 13.5. The lowest BCUT2D eigenvalue weighted by molar-refractivity contribution is -0.124. The number of carbonyl (C=O) groups excluding carboxylic acids is 2. The number of nitrogens with one attached hydrogen (secondary N) is 1. The molecule has 0 spiro atoms. The average molecular weight is 446 g/mol. The topological polar surface area (TPSA) is 80.8 Å². The molecule has 0 bridgehead atoms. The van der Waals surface area contributed by atoms with Gasteiger partial charge < -0.3 is 19.7 Å². The number of methoxy groups -OCH3 is 2. The van der Waals surface area contributed by atoms with E-state index in [9.17, 15) is 9.59 Å². The summed E-state index contributed by atoms with van der Waals surface area (Å²) in [4.78, 5) is 32.7. The summed E-state index contributed by atoms with van der Waals surface area (Å²) < 4.78 is 10.8. The van der Waals surface area contributed by atoms with Crippen LogP contribution in [0.4, 0.5) is 0 Å². The second kappa shape index (κ2) is 9.73. The zero-order chi connectivity index (χ0) is 23.4. The van der Waals surface area contributed by atoms with Gasteiger partial charge >= 0.3 is 0 Å². The Labute approximate surface area is 193 Å². The molecule has 1 N–H and O–H groups in total. The third kappa shape index (κ3) is 4.39. The van der Waals surface area contributed by atoms with Crippen LogP contribution in [-0.2, 0) is 11.2 Å². The zero-order valence-corrected chi connectivity index (χ0v) is 18.9. The number of hydrogen-bond donors (Lipinski definition) is 1. The summed E-state index contributed by atoms with van der Waals surface area (Å²) in [6, 6.07) is 18.0. The molecule has 0 saturated heterocycles. The Hall–Kier alpha value is -3.87. The lowest BCUT2D eigenvalue weighted by Gasteiger charge is -2.40. The molecule has 0 aliphatic carbocycles. The van der Waals surface area contributed by atoms with Crippen LogP contribution in [0.2, 0.25) is 0 Å². The van der Waals surface area contributed by atoms with Crippen LogP contribution in [0.5, 0.6) is 11.5 Å². The predicted octanol–water partition coefficient (Wildman–Crippen LogP) is 3.37. The number of hydrogen-bond acceptors (Lipinski definition) is 5. The summed E-state index contributed by atoms with van der Waals surface area (Å²) in [6.07, 6.45) is 2.36. The van der Waals surface area contributed by atoms with Gasteiger partial charge in [-0.3, -0.25) is 14.6 Å². The van der Waals surface area contributed by atoms with Crippen molar-refractivity contribution in [1.82, 2.24) is 15.2 Å². The number of pyridine rings is 1. The number of amides is 2. The molecular formula is C26H27N3O4. The first kappa shape index (κ1) is 22.3. The summed E-state index contributed by atoms with van der Waals surface area (Å²) in [5, 5.41) is 3.06. The van der Waals surface area contributed by atoms with Crippen molar-refractivity contribution in [1.29, 1.82) is 0 Å². The van der Waals surface area contributed by atoms with Crippen LogP contribution in [-0.4, -0.2) is 49.5 Å². The highest BCUT2D eigenvalue weighted by Crippen LogP contribution is 2.43. The number of likely N-dealkylation sites (N-methyl/N-ethyl adjacent to an activating group) is 1. The van der Waals surface area contributed by atoms with Gasteiger partial charge in [-0.2, -0.15) is 0 Å². The fraction of sp³-hybridized carbons (Fsp3) is 0.269. The molecule has 0 unspecified atom stereocenters. The van der Waals surface area contributed by atoms with Gasteiger partial charge in [0.25, 0.3) is 5.91 Å². The standard InChI is InChI=1S/C26H27N3O4/c1-29-24(17-11-12-21(32-2)22(16-17)33-3)23(19-9-4-5-10-20(19)26(29)31)25(30)28-15-13-18-8-6-7-14-27-18/h4-12,14,16,23-24H,13,15H2,1-3H3,(H,28,30)/t23-,24+/m1/s1. The van der Waals surface area contributed by atoms with Crippen molar-refractivity contribution >= 4 is 11.8 Å². The molecule has 0 radical (unpaired) electrons. The Balaban J connectivity index is 1.69. The molecule has 33 heavy (non-hydrogen) atoms. The summed E-state index contributed by atoms with van der Waals surface area (Å²) in [7, 11) is 4.87. The number of fused-ring (bicyclic) bond motifs is 1. The molecule has 2 amide bonds. The summed E-state index contributed by atoms with van der Waals surface area (Å²) in [5.74, 6) is 0.290. The number of carbonyl (C=O) groups is 2. The van der Waals surface area contributed by atoms with Crippen LogP contribution >= 0.6 is 0 Å². The van der Waals surface area contributed by atoms with Crippen molar-refractivity contribution in [3.63, 3.8) is 0 Å². The molecular weight excluding hydrogens is 418 g/mol. The molecule has 2 atom stereocenters. The van der Waals surface area contributed by atoms with E-state index in [4.69, 9.17) is 9.47 Å². The monoisotopic (exact) mass is 445 g/mol. The van der Waals surface area contributed by atoms with E-state index in [1.807, 2.05) is 48.5 Å². The molecule has 1 aromatic heterocycles. The van der Waals surface area contributed by atoms with E-state index in [-0.39, 0.29) is 11.8 Å². The molecule has 1 aliphatic heterocycles. The van der Waals surface area contributed by atoms with Crippen LogP contribution in [0.1, 0.15) is 39.1 Å². The predicted molar refractivity (Wildman–Crippen MR) is 125 cm³/mol. The molecule has 170 valence electrons. The number of ether oxygens (including phenoxy) is 2. The Morgan fingerprint density at radius 2 is 1.79 bits per heavy atom. The van der Waals surface area contributed by atoms with E-state index in [0.717, 1.165) is 16.8 Å². The van der Waals surface area contributed by atoms with Crippen LogP contribution in [0.3, 0.4) is 0 Å². The van der Waals surface area contributed by atoms with Crippen LogP contribution < -0.4 is 14.8 Å². The first-order valence-electron chi connectivity index (χ1n) is 10.8. The van der Waals surface area contributed by atoms with Gasteiger partial charge in [-0.1, -0.05) is 30.3 Å². The first-order valence-corrected chi connectivity index (χ1v) is 10.8. The quantitative estimate of drug-likeness (QED) is 0.603. The lowest BCUT2D eigenvalue weighted by Crippen LogP contribution is -2.46. The molecule has 0 saturated carbocycles. The highest BCUT2D eigenvalue weighted by molar-refractivity contribution is 6.01. The summed E-state index contributed by atoms with van der Waals surface area (Å²) >= 11 is 0. The van der Waals surface area contributed by atoms with E-state index < -0.39 is 12.0 Å². The van der Waals surface area contributed by atoms with Crippen molar-refractivity contribution in [3.8, 4) is 11.5 Å². The maximum atomic E-state index is 13.5. The number of aromatic nitrogens is 1. The van der Waals surface area contributed by atoms with Crippen LogP contribution in [0, 0.1) is 0 Å². The summed E-state index contributed by atoms with van der Waals surface area (Å²) in [6.45, 7) is 0.449. The van der Waals surface area contributed by atoms with Crippen molar-refractivity contribution in [2.45, 2.75) is 18.4 Å². The molecule has 0 fully saturated rings.